The number of aryl methyl sites for hydroxylation is 2. The molecular formula is C83H136N6O17S6Si2. The first kappa shape index (κ1) is 97.2. The van der Waals surface area contributed by atoms with Gasteiger partial charge in [0.2, 0.25) is 31.9 Å². The predicted octanol–water partition coefficient (Wildman–Crippen LogP) is 14.5. The maximum atomic E-state index is 14.0. The Hall–Kier alpha value is -3.95. The zero-order valence-electron chi connectivity index (χ0n) is 70.4. The number of likely N-dealkylation sites (N-methyl/N-ethyl adjacent to an activating group) is 2. The van der Waals surface area contributed by atoms with E-state index in [2.05, 4.69) is 117 Å². The van der Waals surface area contributed by atoms with Crippen molar-refractivity contribution in [2.45, 2.75) is 286 Å². The maximum Gasteiger partial charge on any atom is 0.253 e. The Morgan fingerprint density at radius 3 is 1.40 bits per heavy atom. The van der Waals surface area contributed by atoms with Gasteiger partial charge in [0.1, 0.15) is 16.8 Å². The number of allylic oxidation sites excluding steroid dienone is 4. The molecule has 0 spiro atoms. The highest BCUT2D eigenvalue weighted by Crippen LogP contribution is 2.51. The molecule has 31 heteroatoms. The van der Waals surface area contributed by atoms with E-state index < -0.39 is 87.1 Å². The third kappa shape index (κ3) is 26.5. The van der Waals surface area contributed by atoms with Crippen LogP contribution in [0.2, 0.25) is 36.3 Å². The Labute approximate surface area is 693 Å². The van der Waals surface area contributed by atoms with E-state index in [1.165, 1.54) is 39.0 Å². The third-order valence-corrected chi connectivity index (χ3v) is 43.5. The smallest absolute Gasteiger partial charge is 0.253 e. The highest BCUT2D eigenvalue weighted by molar-refractivity contribution is 7.94. The summed E-state index contributed by atoms with van der Waals surface area (Å²) in [6, 6.07) is 22.1. The quantitative estimate of drug-likeness (QED) is 0.0156. The molecule has 3 unspecified atom stereocenters. The molecule has 8 rings (SSSR count). The number of hydrogen-bond donors (Lipinski definition) is 5. The lowest BCUT2D eigenvalue weighted by molar-refractivity contribution is -0.134. The van der Waals surface area contributed by atoms with Crippen LogP contribution in [0.15, 0.2) is 114 Å². The number of aliphatic hydroxyl groups is 3. The molecule has 644 valence electrons. The molecule has 0 bridgehead atoms. The van der Waals surface area contributed by atoms with Gasteiger partial charge >= 0.3 is 0 Å². The van der Waals surface area contributed by atoms with Crippen LogP contribution in [-0.2, 0) is 80.8 Å². The molecule has 0 saturated heterocycles. The minimum absolute atomic E-state index is 0.000109. The molecule has 23 nitrogen and oxygen atoms in total. The first-order chi connectivity index (χ1) is 53.4. The van der Waals surface area contributed by atoms with Crippen molar-refractivity contribution >= 4 is 91.2 Å². The molecule has 2 aromatic heterocycles. The van der Waals surface area contributed by atoms with Crippen LogP contribution >= 0.6 is 22.7 Å². The number of hydrogen-bond acceptors (Lipinski definition) is 19. The molecule has 2 aliphatic carbocycles. The zero-order valence-corrected chi connectivity index (χ0v) is 77.3. The highest BCUT2D eigenvalue weighted by atomic mass is 32.3. The van der Waals surface area contributed by atoms with Crippen molar-refractivity contribution in [2.75, 3.05) is 66.7 Å². The number of aliphatic hydroxyl groups excluding tert-OH is 3. The van der Waals surface area contributed by atoms with Crippen molar-refractivity contribution in [1.29, 1.82) is 0 Å². The monoisotopic (exact) mass is 1740 g/mol. The van der Waals surface area contributed by atoms with E-state index in [4.69, 9.17) is 28.6 Å². The lowest BCUT2D eigenvalue weighted by atomic mass is 9.84. The van der Waals surface area contributed by atoms with Crippen molar-refractivity contribution < 1.29 is 76.9 Å². The number of benzene rings is 2. The lowest BCUT2D eigenvalue weighted by Crippen LogP contribution is -2.47. The number of carbonyl (C=O) groups excluding carboxylic acids is 2. The number of carbonyl (C=O) groups is 2. The second-order valence-electron chi connectivity index (χ2n) is 34.8. The Balaban J connectivity index is 0.000000325. The van der Waals surface area contributed by atoms with Gasteiger partial charge in [0.15, 0.2) is 16.6 Å². The molecular weight excluding hydrogens is 1600 g/mol. The summed E-state index contributed by atoms with van der Waals surface area (Å²) in [4.78, 5) is 30.8. The summed E-state index contributed by atoms with van der Waals surface area (Å²) in [7, 11) is -17.4. The fourth-order valence-corrected chi connectivity index (χ4v) is 27.2. The van der Waals surface area contributed by atoms with Gasteiger partial charge < -0.3 is 43.4 Å². The Kier molecular flexibility index (Phi) is 36.7. The minimum atomic E-state index is -4.16. The average Bonchev–Trinajstić information content (AvgIpc) is 1.57. The van der Waals surface area contributed by atoms with Crippen molar-refractivity contribution in [3.63, 3.8) is 0 Å². The second-order valence-corrected chi connectivity index (χ2v) is 54.2. The Morgan fingerprint density at radius 1 is 0.588 bits per heavy atom. The summed E-state index contributed by atoms with van der Waals surface area (Å²) >= 11 is 1.26. The average molecular weight is 1740 g/mol. The molecule has 0 radical (unpaired) electrons. The number of methoxy groups -OCH3 is 2. The van der Waals surface area contributed by atoms with Crippen molar-refractivity contribution in [3.8, 4) is 0 Å². The van der Waals surface area contributed by atoms with Crippen LogP contribution in [0.25, 0.3) is 0 Å². The first-order valence-corrected chi connectivity index (χ1v) is 54.5. The number of sulfonamides is 4. The highest BCUT2D eigenvalue weighted by Gasteiger charge is 2.52. The summed E-state index contributed by atoms with van der Waals surface area (Å²) < 4.78 is 130. The summed E-state index contributed by atoms with van der Waals surface area (Å²) in [5, 5.41) is 42.9. The van der Waals surface area contributed by atoms with Gasteiger partial charge in [-0.15, -0.1) is 22.7 Å². The first-order valence-electron chi connectivity index (χ1n) is 41.1. The van der Waals surface area contributed by atoms with E-state index in [0.29, 0.717) is 137 Å². The van der Waals surface area contributed by atoms with E-state index in [1.54, 1.807) is 16.9 Å². The van der Waals surface area contributed by atoms with Crippen molar-refractivity contribution in [3.05, 3.63) is 119 Å². The van der Waals surface area contributed by atoms with Crippen molar-refractivity contribution in [1.82, 2.24) is 18.4 Å². The fraction of sp³-hybridized carbons (Fsp3) is 0.687. The normalized spacial score (nSPS) is 23.5. The number of ether oxygens (including phenoxy) is 2. The number of nitrogens with zero attached hydrogens (tertiary/aromatic N) is 4. The van der Waals surface area contributed by atoms with Gasteiger partial charge in [0.05, 0.1) is 42.6 Å². The molecule has 4 heterocycles. The summed E-state index contributed by atoms with van der Waals surface area (Å²) in [5.41, 5.74) is 3.15. The van der Waals surface area contributed by atoms with Crippen LogP contribution in [0.1, 0.15) is 212 Å². The molecule has 4 aliphatic rings. The SMILES string of the molecule is CCN(C(=O)CCC/C=C\C[C@@H]1[C@@H](CC[C@H](O)CCc2ccccc2)[C@H](O)C[C@@H]1O)C1CN(CCCOC)S(=O)(=O)c2sc(S(N)(=O)=O)cc21.CCN(C(=O)CCC/C=C\C[C@H]1[C@@H](O[Si](C)(C)C(C)(C)C)CC(O[Si](C)(C)C(C)(C)C)[C@@H]1CC[C@H](C)CCc1ccccc1)C1CN(CCCOC)S(=O)(=O)c2sc(S(N)(=O)=O)cc21. The molecule has 4 aromatic rings. The van der Waals surface area contributed by atoms with E-state index in [1.807, 2.05) is 56.3 Å². The number of nitrogens with two attached hydrogens (primary N) is 2. The number of amides is 2. The molecule has 2 aromatic carbocycles. The second kappa shape index (κ2) is 43.0. The fourth-order valence-electron chi connectivity index (χ4n) is 15.9. The number of primary sulfonamides is 2. The van der Waals surface area contributed by atoms with Crippen molar-refractivity contribution in [2.24, 2.45) is 39.9 Å². The topological polar surface area (TPSA) is 333 Å². The van der Waals surface area contributed by atoms with E-state index >= 15 is 0 Å². The molecule has 2 amide bonds. The van der Waals surface area contributed by atoms with Gasteiger partial charge in [0.25, 0.3) is 20.0 Å². The number of fused-ring (bicyclic) bond motifs is 2. The number of unbranched alkanes of at least 4 members (excludes halogenated alkanes) is 2. The van der Waals surface area contributed by atoms with Gasteiger partial charge in [-0.3, -0.25) is 9.59 Å². The molecule has 114 heavy (non-hydrogen) atoms. The molecule has 2 saturated carbocycles. The van der Waals surface area contributed by atoms with Gasteiger partial charge in [-0.1, -0.05) is 140 Å². The van der Waals surface area contributed by atoms with Crippen LogP contribution in [0, 0.1) is 29.6 Å². The summed E-state index contributed by atoms with van der Waals surface area (Å²) in [5.74, 6) is 0.785. The summed E-state index contributed by atoms with van der Waals surface area (Å²) in [6.45, 7) is 31.2. The molecule has 12 atom stereocenters. The number of thiophene rings is 2. The van der Waals surface area contributed by atoms with Gasteiger partial charge in [0, 0.05) is 90.7 Å². The van der Waals surface area contributed by atoms with Crippen LogP contribution in [-0.4, -0.2) is 193 Å². The van der Waals surface area contributed by atoms with Gasteiger partial charge in [-0.05, 0) is 212 Å². The van der Waals surface area contributed by atoms with Gasteiger partial charge in [-0.2, -0.15) is 8.61 Å². The zero-order chi connectivity index (χ0) is 84.4. The van der Waals surface area contributed by atoms with Crippen LogP contribution in [0.3, 0.4) is 0 Å². The van der Waals surface area contributed by atoms with Crippen LogP contribution in [0.4, 0.5) is 0 Å². The lowest BCUT2D eigenvalue weighted by Gasteiger charge is -2.40. The van der Waals surface area contributed by atoms with E-state index in [9.17, 15) is 58.6 Å². The molecule has 2 fully saturated rings. The van der Waals surface area contributed by atoms with Crippen LogP contribution < -0.4 is 10.3 Å². The molecule has 7 N–H and O–H groups in total. The summed E-state index contributed by atoms with van der Waals surface area (Å²) in [6.07, 6.45) is 20.7. The Morgan fingerprint density at radius 2 is 0.991 bits per heavy atom. The standard InChI is InChI=1S/C48H83N3O8S3Si2.C35H53N3O9S3/c1-14-51(41-35-50(31-22-32-57-9)62(55,56)46-40(41)33-45(60-46)61(49,53)54)44(52)26-21-16-15-20-25-38-39(30-28-36(2)27-29-37-23-18-17-19-24-37)43(59-64(12,13)48(6,7)8)34-42(38)58-63(10,11)47(3,4)5;1-3-38(30-24-37(20-11-21-47-2)50(45,46)35-29(30)22-34(48-35)49(36,43)44)33(42)15-10-5-4-9-14-27-28(32(41)23-31(27)40)19-18-26(39)17-16-25-12-7-6-8-13-25/h15,17-20,23-24,33,36,38-39,41-43H,14,16,21-22,25-32,34-35H2,1-13H3,(H2,49,53,54);4,6-9,12-13,22,26-28,30-32,39-41H,3,5,10-11,14-21,23-24H2,1-2H3,(H2,36,43,44)/b20-15-;9-4-/t36-,38-,39-,41?,42+,43?;26-,27-,28-,30?,31+,32-/m11/s1. The van der Waals surface area contributed by atoms with Gasteiger partial charge in [-0.25, -0.2) is 43.9 Å². The Bertz CT molecular complexity index is 4230. The minimum Gasteiger partial charge on any atom is -0.414 e. The van der Waals surface area contributed by atoms with E-state index in [-0.39, 0.29) is 107 Å². The largest absolute Gasteiger partial charge is 0.414 e. The maximum absolute atomic E-state index is 14.0. The molecule has 2 aliphatic heterocycles. The number of rotatable bonds is 42. The van der Waals surface area contributed by atoms with E-state index in [0.717, 1.165) is 51.4 Å². The predicted molar refractivity (Wildman–Crippen MR) is 460 cm³/mol. The van der Waals surface area contributed by atoms with Crippen LogP contribution in [0.5, 0.6) is 0 Å². The third-order valence-electron chi connectivity index (χ3n) is 24.5.